The number of para-hydroxylation sites is 1. The van der Waals surface area contributed by atoms with Crippen molar-refractivity contribution in [3.63, 3.8) is 0 Å². The van der Waals surface area contributed by atoms with Gasteiger partial charge in [0.25, 0.3) is 0 Å². The number of thioether (sulfide) groups is 1. The highest BCUT2D eigenvalue weighted by Gasteiger charge is 2.09. The summed E-state index contributed by atoms with van der Waals surface area (Å²) in [6, 6.07) is 9.20. The van der Waals surface area contributed by atoms with E-state index in [4.69, 9.17) is 0 Å². The van der Waals surface area contributed by atoms with Gasteiger partial charge < -0.3 is 5.32 Å². The Kier molecular flexibility index (Phi) is 6.94. The number of rotatable bonds is 8. The Labute approximate surface area is 118 Å². The number of hydrogen-bond donors (Lipinski definition) is 1. The molecule has 0 atom stereocenters. The zero-order valence-electron chi connectivity index (χ0n) is 11.0. The van der Waals surface area contributed by atoms with Crippen LogP contribution >= 0.6 is 11.8 Å². The zero-order valence-corrected chi connectivity index (χ0v) is 12.6. The first-order valence-corrected chi connectivity index (χ1v) is 9.14. The van der Waals surface area contributed by atoms with E-state index >= 15 is 0 Å². The summed E-state index contributed by atoms with van der Waals surface area (Å²) in [6.07, 6.45) is 0.640. The lowest BCUT2D eigenvalue weighted by atomic mass is 10.3. The highest BCUT2D eigenvalue weighted by Crippen LogP contribution is 2.08. The molecule has 0 saturated heterocycles. The fourth-order valence-electron chi connectivity index (χ4n) is 1.48. The summed E-state index contributed by atoms with van der Waals surface area (Å²) >= 11 is 1.34. The first kappa shape index (κ1) is 16.0. The number of nitrogens with one attached hydrogen (secondary N) is 1. The summed E-state index contributed by atoms with van der Waals surface area (Å²) in [6.45, 7) is 1.85. The van der Waals surface area contributed by atoms with Crippen LogP contribution in [0, 0.1) is 0 Å². The Morgan fingerprint density at radius 2 is 1.89 bits per heavy atom. The molecule has 1 aromatic rings. The number of anilines is 1. The molecule has 0 saturated carbocycles. The van der Waals surface area contributed by atoms with Gasteiger partial charge >= 0.3 is 0 Å². The van der Waals surface area contributed by atoms with Crippen LogP contribution in [0.5, 0.6) is 0 Å². The fourth-order valence-corrected chi connectivity index (χ4v) is 4.20. The molecule has 0 unspecified atom stereocenters. The molecule has 0 heterocycles. The third-order valence-electron chi connectivity index (χ3n) is 2.34. The monoisotopic (exact) mass is 301 g/mol. The van der Waals surface area contributed by atoms with Crippen molar-refractivity contribution >= 4 is 33.2 Å². The molecule has 0 aliphatic rings. The van der Waals surface area contributed by atoms with Crippen LogP contribution in [-0.2, 0) is 14.6 Å². The summed E-state index contributed by atoms with van der Waals surface area (Å²) < 4.78 is 22.9. The van der Waals surface area contributed by atoms with Crippen LogP contribution in [0.1, 0.15) is 13.3 Å². The average molecular weight is 301 g/mol. The van der Waals surface area contributed by atoms with Gasteiger partial charge in [-0.2, -0.15) is 11.8 Å². The lowest BCUT2D eigenvalue weighted by molar-refractivity contribution is -0.113. The molecule has 0 aliphatic heterocycles. The van der Waals surface area contributed by atoms with Crippen molar-refractivity contribution in [1.29, 1.82) is 0 Å². The van der Waals surface area contributed by atoms with E-state index in [1.165, 1.54) is 11.8 Å². The van der Waals surface area contributed by atoms with E-state index < -0.39 is 9.84 Å². The Bertz CT molecular complexity index is 486. The number of amides is 1. The van der Waals surface area contributed by atoms with E-state index in [0.717, 1.165) is 5.69 Å². The second-order valence-electron chi connectivity index (χ2n) is 4.12. The second kappa shape index (κ2) is 8.22. The van der Waals surface area contributed by atoms with Crippen LogP contribution in [0.3, 0.4) is 0 Å². The van der Waals surface area contributed by atoms with Gasteiger partial charge in [0, 0.05) is 17.2 Å². The number of benzene rings is 1. The maximum atomic E-state index is 11.6. The van der Waals surface area contributed by atoms with E-state index in [9.17, 15) is 13.2 Å². The topological polar surface area (TPSA) is 63.2 Å². The maximum absolute atomic E-state index is 11.6. The molecule has 1 amide bonds. The molecule has 0 spiro atoms. The number of carbonyl (C=O) groups is 1. The van der Waals surface area contributed by atoms with Gasteiger partial charge in [-0.1, -0.05) is 25.1 Å². The standard InChI is InChI=1S/C13H19NO3S2/c1-2-9-19(16,17)10-8-18-11-13(15)14-12-6-4-3-5-7-12/h3-7H,2,8-11H2,1H3,(H,14,15). The number of carbonyl (C=O) groups excluding carboxylic acids is 1. The fraction of sp³-hybridized carbons (Fsp3) is 0.462. The summed E-state index contributed by atoms with van der Waals surface area (Å²) in [5.41, 5.74) is 0.756. The lowest BCUT2D eigenvalue weighted by Crippen LogP contribution is -2.16. The van der Waals surface area contributed by atoms with Crippen LogP contribution in [0.2, 0.25) is 0 Å². The number of sulfone groups is 1. The van der Waals surface area contributed by atoms with Crippen LogP contribution in [0.4, 0.5) is 5.69 Å². The summed E-state index contributed by atoms with van der Waals surface area (Å²) in [5.74, 6) is 0.999. The van der Waals surface area contributed by atoms with E-state index in [-0.39, 0.29) is 23.2 Å². The molecule has 4 nitrogen and oxygen atoms in total. The van der Waals surface area contributed by atoms with E-state index in [2.05, 4.69) is 5.32 Å². The van der Waals surface area contributed by atoms with Crippen molar-refractivity contribution in [3.05, 3.63) is 30.3 Å². The molecule has 1 aromatic carbocycles. The van der Waals surface area contributed by atoms with Gasteiger partial charge in [0.1, 0.15) is 0 Å². The minimum atomic E-state index is -2.94. The van der Waals surface area contributed by atoms with Crippen LogP contribution < -0.4 is 5.32 Å². The highest BCUT2D eigenvalue weighted by molar-refractivity contribution is 8.01. The third-order valence-corrected chi connectivity index (χ3v) is 5.42. The second-order valence-corrected chi connectivity index (χ2v) is 7.53. The van der Waals surface area contributed by atoms with E-state index in [0.29, 0.717) is 12.2 Å². The molecule has 0 aromatic heterocycles. The van der Waals surface area contributed by atoms with Crippen molar-refractivity contribution in [2.45, 2.75) is 13.3 Å². The quantitative estimate of drug-likeness (QED) is 0.748. The Balaban J connectivity index is 2.21. The molecule has 0 radical (unpaired) electrons. The van der Waals surface area contributed by atoms with E-state index in [1.807, 2.05) is 37.3 Å². The molecule has 0 bridgehead atoms. The van der Waals surface area contributed by atoms with Gasteiger partial charge in [0.15, 0.2) is 9.84 Å². The molecule has 106 valence electrons. The zero-order chi connectivity index (χ0) is 14.1. The predicted octanol–water partition coefficient (Wildman–Crippen LogP) is 2.18. The van der Waals surface area contributed by atoms with Gasteiger partial charge in [-0.05, 0) is 18.6 Å². The maximum Gasteiger partial charge on any atom is 0.234 e. The Hall–Kier alpha value is -1.01. The molecule has 0 fully saturated rings. The van der Waals surface area contributed by atoms with Crippen LogP contribution in [0.25, 0.3) is 0 Å². The van der Waals surface area contributed by atoms with Gasteiger partial charge in [0.2, 0.25) is 5.91 Å². The van der Waals surface area contributed by atoms with Crippen molar-refractivity contribution in [2.24, 2.45) is 0 Å². The Morgan fingerprint density at radius 1 is 1.21 bits per heavy atom. The van der Waals surface area contributed by atoms with Crippen molar-refractivity contribution in [3.8, 4) is 0 Å². The molecule has 6 heteroatoms. The first-order chi connectivity index (χ1) is 9.03. The minimum Gasteiger partial charge on any atom is -0.325 e. The van der Waals surface area contributed by atoms with Crippen molar-refractivity contribution in [2.75, 3.05) is 28.3 Å². The van der Waals surface area contributed by atoms with Crippen LogP contribution in [-0.4, -0.2) is 37.3 Å². The van der Waals surface area contributed by atoms with Gasteiger partial charge in [0.05, 0.1) is 11.5 Å². The lowest BCUT2D eigenvalue weighted by Gasteiger charge is -2.05. The highest BCUT2D eigenvalue weighted by atomic mass is 32.2. The largest absolute Gasteiger partial charge is 0.325 e. The molecule has 0 aliphatic carbocycles. The summed E-state index contributed by atoms with van der Waals surface area (Å²) in [7, 11) is -2.94. The van der Waals surface area contributed by atoms with Crippen molar-refractivity contribution < 1.29 is 13.2 Å². The van der Waals surface area contributed by atoms with Gasteiger partial charge in [-0.3, -0.25) is 4.79 Å². The molecular weight excluding hydrogens is 282 g/mol. The third kappa shape index (κ3) is 7.22. The molecule has 1 N–H and O–H groups in total. The first-order valence-electron chi connectivity index (χ1n) is 6.16. The predicted molar refractivity (Wildman–Crippen MR) is 81.3 cm³/mol. The summed E-state index contributed by atoms with van der Waals surface area (Å²) in [4.78, 5) is 11.6. The minimum absolute atomic E-state index is 0.107. The summed E-state index contributed by atoms with van der Waals surface area (Å²) in [5, 5.41) is 2.76. The molecule has 1 rings (SSSR count). The normalized spacial score (nSPS) is 11.2. The smallest absolute Gasteiger partial charge is 0.234 e. The van der Waals surface area contributed by atoms with Gasteiger partial charge in [-0.15, -0.1) is 0 Å². The van der Waals surface area contributed by atoms with Gasteiger partial charge in [-0.25, -0.2) is 8.42 Å². The average Bonchev–Trinajstić information content (AvgIpc) is 2.36. The van der Waals surface area contributed by atoms with E-state index in [1.54, 1.807) is 0 Å². The Morgan fingerprint density at radius 3 is 2.53 bits per heavy atom. The SMILES string of the molecule is CCCS(=O)(=O)CCSCC(=O)Nc1ccccc1. The molecule has 19 heavy (non-hydrogen) atoms. The molecular formula is C13H19NO3S2. The van der Waals surface area contributed by atoms with Crippen molar-refractivity contribution in [1.82, 2.24) is 0 Å². The van der Waals surface area contributed by atoms with Crippen LogP contribution in [0.15, 0.2) is 30.3 Å². The number of hydrogen-bond acceptors (Lipinski definition) is 4.